The molecule has 4 nitrogen and oxygen atoms in total. The zero-order valence-electron chi connectivity index (χ0n) is 13.0. The van der Waals surface area contributed by atoms with Gasteiger partial charge in [0.25, 0.3) is 0 Å². The lowest BCUT2D eigenvalue weighted by molar-refractivity contribution is 0.357. The monoisotopic (exact) mass is 340 g/mol. The first-order valence-electron chi connectivity index (χ1n) is 7.94. The van der Waals surface area contributed by atoms with Crippen LogP contribution in [0, 0.1) is 0 Å². The highest BCUT2D eigenvalue weighted by Gasteiger charge is 2.28. The number of aromatic nitrogens is 1. The Bertz CT molecular complexity index is 996. The number of hydrogen-bond acceptors (Lipinski definition) is 3. The third kappa shape index (κ3) is 2.14. The van der Waals surface area contributed by atoms with Crippen molar-refractivity contribution in [3.63, 3.8) is 0 Å². The molecule has 5 rings (SSSR count). The van der Waals surface area contributed by atoms with E-state index in [-0.39, 0.29) is 23.9 Å². The van der Waals surface area contributed by atoms with Crippen LogP contribution in [-0.2, 0) is 13.0 Å². The number of fused-ring (bicyclic) bond motifs is 3. The number of H-pyrrole nitrogens is 1. The lowest BCUT2D eigenvalue weighted by atomic mass is 9.99. The maximum Gasteiger partial charge on any atom is 0.194 e. The minimum absolute atomic E-state index is 0. The molecule has 0 saturated heterocycles. The standard InChI is InChI=1S/C19H16N2O2.ClH/c22-19-13-3-1-2-4-15(13)21-18-14(19)10-20-17(18)12-5-6-16-11(9-12)7-8-23-16;/h1-6,9,17,20H,7-8,10H2,(H,21,22);1H. The summed E-state index contributed by atoms with van der Waals surface area (Å²) in [5.74, 6) is 0.985. The maximum atomic E-state index is 12.7. The number of nitrogens with one attached hydrogen (secondary N) is 2. The Morgan fingerprint density at radius 3 is 2.92 bits per heavy atom. The second-order valence-electron chi connectivity index (χ2n) is 6.17. The van der Waals surface area contributed by atoms with E-state index < -0.39 is 0 Å². The molecular formula is C19H17ClN2O2. The van der Waals surface area contributed by atoms with Crippen molar-refractivity contribution in [3.8, 4) is 5.75 Å². The van der Waals surface area contributed by atoms with Crippen LogP contribution in [0.5, 0.6) is 5.75 Å². The molecule has 0 saturated carbocycles. The van der Waals surface area contributed by atoms with Crippen molar-refractivity contribution >= 4 is 23.3 Å². The summed E-state index contributed by atoms with van der Waals surface area (Å²) < 4.78 is 5.58. The van der Waals surface area contributed by atoms with Gasteiger partial charge in [-0.2, -0.15) is 0 Å². The van der Waals surface area contributed by atoms with Crippen molar-refractivity contribution in [2.45, 2.75) is 19.0 Å². The number of aromatic amines is 1. The molecule has 0 aliphatic carbocycles. The number of hydrogen-bond donors (Lipinski definition) is 2. The van der Waals surface area contributed by atoms with E-state index in [0.717, 1.165) is 40.9 Å². The minimum Gasteiger partial charge on any atom is -0.493 e. The molecule has 5 heteroatoms. The Morgan fingerprint density at radius 2 is 2.00 bits per heavy atom. The summed E-state index contributed by atoms with van der Waals surface area (Å²) in [6, 6.07) is 14.1. The SMILES string of the molecule is Cl.O=c1c2c([nH]c3ccccc13)C(c1ccc3c(c1)CCO3)NC2. The summed E-state index contributed by atoms with van der Waals surface area (Å²) in [7, 11) is 0. The molecule has 0 amide bonds. The predicted octanol–water partition coefficient (Wildman–Crippen LogP) is 3.08. The Labute approximate surface area is 145 Å². The van der Waals surface area contributed by atoms with Gasteiger partial charge in [0.1, 0.15) is 5.75 Å². The van der Waals surface area contributed by atoms with Gasteiger partial charge in [-0.1, -0.05) is 24.3 Å². The van der Waals surface area contributed by atoms with E-state index in [1.165, 1.54) is 11.1 Å². The fraction of sp³-hybridized carbons (Fsp3) is 0.211. The van der Waals surface area contributed by atoms with Gasteiger partial charge in [0.2, 0.25) is 0 Å². The van der Waals surface area contributed by atoms with Crippen LogP contribution in [-0.4, -0.2) is 11.6 Å². The largest absolute Gasteiger partial charge is 0.493 e. The van der Waals surface area contributed by atoms with E-state index in [4.69, 9.17) is 4.74 Å². The van der Waals surface area contributed by atoms with Gasteiger partial charge >= 0.3 is 0 Å². The summed E-state index contributed by atoms with van der Waals surface area (Å²) in [6.07, 6.45) is 0.955. The molecule has 3 aromatic rings. The number of pyridine rings is 1. The van der Waals surface area contributed by atoms with Crippen LogP contribution in [0.3, 0.4) is 0 Å². The summed E-state index contributed by atoms with van der Waals surface area (Å²) in [4.78, 5) is 16.2. The summed E-state index contributed by atoms with van der Waals surface area (Å²) >= 11 is 0. The Balaban J connectivity index is 0.00000146. The maximum absolute atomic E-state index is 12.7. The van der Waals surface area contributed by atoms with E-state index in [1.807, 2.05) is 30.3 Å². The van der Waals surface area contributed by atoms with Crippen LogP contribution in [0.2, 0.25) is 0 Å². The van der Waals surface area contributed by atoms with Crippen molar-refractivity contribution < 1.29 is 4.74 Å². The molecule has 1 unspecified atom stereocenters. The summed E-state index contributed by atoms with van der Waals surface area (Å²) in [5.41, 5.74) is 5.31. The van der Waals surface area contributed by atoms with E-state index in [0.29, 0.717) is 6.54 Å². The van der Waals surface area contributed by atoms with Gasteiger partial charge < -0.3 is 15.0 Å². The molecule has 2 aliphatic heterocycles. The van der Waals surface area contributed by atoms with Crippen molar-refractivity contribution in [1.29, 1.82) is 0 Å². The third-order valence-electron chi connectivity index (χ3n) is 4.86. The molecule has 2 aliphatic rings. The minimum atomic E-state index is 0. The smallest absolute Gasteiger partial charge is 0.194 e. The van der Waals surface area contributed by atoms with Crippen molar-refractivity contribution in [2.24, 2.45) is 0 Å². The first-order valence-corrected chi connectivity index (χ1v) is 7.94. The molecule has 1 atom stereocenters. The van der Waals surface area contributed by atoms with Crippen LogP contribution < -0.4 is 15.5 Å². The lowest BCUT2D eigenvalue weighted by Gasteiger charge is -2.14. The van der Waals surface area contributed by atoms with Gasteiger partial charge in [0.15, 0.2) is 5.43 Å². The van der Waals surface area contributed by atoms with Crippen LogP contribution in [0.1, 0.15) is 28.4 Å². The molecule has 1 aromatic heterocycles. The van der Waals surface area contributed by atoms with Gasteiger partial charge in [0, 0.05) is 35.1 Å². The Hall–Kier alpha value is -2.30. The summed E-state index contributed by atoms with van der Waals surface area (Å²) in [5, 5.41) is 4.23. The molecule has 3 heterocycles. The molecule has 122 valence electrons. The molecule has 0 fully saturated rings. The first kappa shape index (κ1) is 15.2. The zero-order valence-corrected chi connectivity index (χ0v) is 13.8. The molecule has 2 aromatic carbocycles. The third-order valence-corrected chi connectivity index (χ3v) is 4.86. The fourth-order valence-electron chi connectivity index (χ4n) is 3.69. The van der Waals surface area contributed by atoms with Gasteiger partial charge in [0.05, 0.1) is 12.6 Å². The van der Waals surface area contributed by atoms with E-state index in [1.54, 1.807) is 0 Å². The first-order chi connectivity index (χ1) is 11.3. The number of rotatable bonds is 1. The highest BCUT2D eigenvalue weighted by Crippen LogP contribution is 2.33. The van der Waals surface area contributed by atoms with Crippen molar-refractivity contribution in [1.82, 2.24) is 10.3 Å². The van der Waals surface area contributed by atoms with Gasteiger partial charge in [-0.3, -0.25) is 4.79 Å². The molecule has 2 N–H and O–H groups in total. The average molecular weight is 341 g/mol. The lowest BCUT2D eigenvalue weighted by Crippen LogP contribution is -2.14. The van der Waals surface area contributed by atoms with E-state index in [9.17, 15) is 4.79 Å². The molecular weight excluding hydrogens is 324 g/mol. The number of ether oxygens (including phenoxy) is 1. The van der Waals surface area contributed by atoms with Crippen molar-refractivity contribution in [2.75, 3.05) is 6.61 Å². The van der Waals surface area contributed by atoms with Crippen LogP contribution in [0.25, 0.3) is 10.9 Å². The van der Waals surface area contributed by atoms with Gasteiger partial charge in [-0.15, -0.1) is 12.4 Å². The topological polar surface area (TPSA) is 54.1 Å². The average Bonchev–Trinajstić information content (AvgIpc) is 3.21. The Kier molecular flexibility index (Phi) is 3.59. The van der Waals surface area contributed by atoms with Crippen LogP contribution in [0.4, 0.5) is 0 Å². The number of para-hydroxylation sites is 1. The number of halogens is 1. The van der Waals surface area contributed by atoms with Crippen LogP contribution >= 0.6 is 12.4 Å². The fourth-order valence-corrected chi connectivity index (χ4v) is 3.69. The Morgan fingerprint density at radius 1 is 1.12 bits per heavy atom. The second-order valence-corrected chi connectivity index (χ2v) is 6.17. The van der Waals surface area contributed by atoms with E-state index in [2.05, 4.69) is 22.4 Å². The van der Waals surface area contributed by atoms with Crippen LogP contribution in [0.15, 0.2) is 47.3 Å². The highest BCUT2D eigenvalue weighted by atomic mass is 35.5. The molecule has 0 bridgehead atoms. The molecule has 0 spiro atoms. The quantitative estimate of drug-likeness (QED) is 0.716. The van der Waals surface area contributed by atoms with E-state index >= 15 is 0 Å². The number of benzene rings is 2. The predicted molar refractivity (Wildman–Crippen MR) is 96.1 cm³/mol. The second kappa shape index (κ2) is 5.65. The normalized spacial score (nSPS) is 17.9. The van der Waals surface area contributed by atoms with Gasteiger partial charge in [-0.05, 0) is 29.3 Å². The van der Waals surface area contributed by atoms with Gasteiger partial charge in [-0.25, -0.2) is 0 Å². The summed E-state index contributed by atoms with van der Waals surface area (Å²) in [6.45, 7) is 1.36. The highest BCUT2D eigenvalue weighted by molar-refractivity contribution is 5.85. The molecule has 24 heavy (non-hydrogen) atoms. The van der Waals surface area contributed by atoms with Crippen molar-refractivity contribution in [3.05, 3.63) is 75.1 Å². The zero-order chi connectivity index (χ0) is 15.4. The molecule has 0 radical (unpaired) electrons.